The minimum absolute atomic E-state index is 0.256. The molecular weight excluding hydrogens is 232 g/mol. The highest BCUT2D eigenvalue weighted by molar-refractivity contribution is 6.05. The zero-order chi connectivity index (χ0) is 13.0. The number of hydrogen-bond acceptors (Lipinski definition) is 4. The second-order valence-electron chi connectivity index (χ2n) is 3.61. The fraction of sp³-hybridized carbons (Fsp3) is 0.167. The number of carbonyl (C=O) groups excluding carboxylic acids is 1. The predicted octanol–water partition coefficient (Wildman–Crippen LogP) is 1.64. The molecule has 18 heavy (non-hydrogen) atoms. The van der Waals surface area contributed by atoms with Crippen molar-refractivity contribution in [1.29, 1.82) is 0 Å². The highest BCUT2D eigenvalue weighted by atomic mass is 16.5. The summed E-state index contributed by atoms with van der Waals surface area (Å²) in [5, 5.41) is 8.96. The number of aromatic nitrogens is 2. The Morgan fingerprint density at radius 3 is 2.72 bits per heavy atom. The van der Waals surface area contributed by atoms with E-state index in [-0.39, 0.29) is 5.91 Å². The Bertz CT molecular complexity index is 533. The number of nitrogens with one attached hydrogen (secondary N) is 2. The molecule has 2 rings (SSSR count). The molecule has 0 spiro atoms. The van der Waals surface area contributed by atoms with E-state index in [1.807, 2.05) is 6.92 Å². The normalized spacial score (nSPS) is 10.1. The van der Waals surface area contributed by atoms with Gasteiger partial charge in [0.25, 0.3) is 5.91 Å². The van der Waals surface area contributed by atoms with Crippen molar-refractivity contribution in [3.8, 4) is 5.75 Å². The van der Waals surface area contributed by atoms with Gasteiger partial charge in [0.2, 0.25) is 0 Å². The molecule has 2 aromatic rings. The molecular formula is C12H14N4O2. The van der Waals surface area contributed by atoms with Crippen LogP contribution < -0.4 is 15.8 Å². The molecule has 0 unspecified atom stereocenters. The summed E-state index contributed by atoms with van der Waals surface area (Å²) >= 11 is 0. The Kier molecular flexibility index (Phi) is 3.47. The van der Waals surface area contributed by atoms with Crippen LogP contribution in [-0.2, 0) is 0 Å². The van der Waals surface area contributed by atoms with Gasteiger partial charge < -0.3 is 15.8 Å². The summed E-state index contributed by atoms with van der Waals surface area (Å²) in [6.45, 7) is 2.50. The highest BCUT2D eigenvalue weighted by Crippen LogP contribution is 2.16. The average molecular weight is 246 g/mol. The lowest BCUT2D eigenvalue weighted by Crippen LogP contribution is -2.13. The molecule has 6 heteroatoms. The van der Waals surface area contributed by atoms with E-state index in [0.29, 0.717) is 23.7 Å². The largest absolute Gasteiger partial charge is 0.494 e. The minimum Gasteiger partial charge on any atom is -0.494 e. The Hall–Kier alpha value is -2.50. The molecule has 94 valence electrons. The molecule has 0 aliphatic carbocycles. The van der Waals surface area contributed by atoms with Crippen molar-refractivity contribution in [1.82, 2.24) is 10.2 Å². The summed E-state index contributed by atoms with van der Waals surface area (Å²) in [4.78, 5) is 11.9. The van der Waals surface area contributed by atoms with Crippen LogP contribution in [0, 0.1) is 0 Å². The van der Waals surface area contributed by atoms with Gasteiger partial charge in [0.05, 0.1) is 18.5 Å². The van der Waals surface area contributed by atoms with E-state index in [1.165, 1.54) is 6.20 Å². The lowest BCUT2D eigenvalue weighted by Gasteiger charge is -2.05. The Labute approximate surface area is 104 Å². The standard InChI is InChI=1S/C12H14N4O2/c1-2-18-9-5-3-8(4-6-9)12(17)15-11-10(13)7-14-16-11/h3-7H,2,13H2,1H3,(H2,14,15,16,17). The maximum absolute atomic E-state index is 11.9. The molecule has 0 aliphatic rings. The van der Waals surface area contributed by atoms with Crippen LogP contribution in [0.3, 0.4) is 0 Å². The number of benzene rings is 1. The van der Waals surface area contributed by atoms with Gasteiger partial charge in [-0.15, -0.1) is 0 Å². The molecule has 0 fully saturated rings. The number of anilines is 2. The van der Waals surface area contributed by atoms with Crippen molar-refractivity contribution in [2.24, 2.45) is 0 Å². The summed E-state index contributed by atoms with van der Waals surface area (Å²) in [5.41, 5.74) is 6.52. The van der Waals surface area contributed by atoms with E-state index >= 15 is 0 Å². The number of rotatable bonds is 4. The minimum atomic E-state index is -0.256. The number of aromatic amines is 1. The van der Waals surface area contributed by atoms with Gasteiger partial charge in [0.15, 0.2) is 5.82 Å². The lowest BCUT2D eigenvalue weighted by atomic mass is 10.2. The molecule has 1 aromatic heterocycles. The molecule has 4 N–H and O–H groups in total. The topological polar surface area (TPSA) is 93.0 Å². The van der Waals surface area contributed by atoms with E-state index in [9.17, 15) is 4.79 Å². The quantitative estimate of drug-likeness (QED) is 0.764. The smallest absolute Gasteiger partial charge is 0.256 e. The van der Waals surface area contributed by atoms with E-state index in [4.69, 9.17) is 10.5 Å². The number of nitrogens with zero attached hydrogens (tertiary/aromatic N) is 1. The summed E-state index contributed by atoms with van der Waals surface area (Å²) in [7, 11) is 0. The molecule has 6 nitrogen and oxygen atoms in total. The molecule has 1 aromatic carbocycles. The zero-order valence-corrected chi connectivity index (χ0v) is 9.93. The summed E-state index contributed by atoms with van der Waals surface area (Å²) in [6.07, 6.45) is 1.44. The average Bonchev–Trinajstić information content (AvgIpc) is 2.76. The molecule has 0 atom stereocenters. The summed E-state index contributed by atoms with van der Waals surface area (Å²) in [6, 6.07) is 6.86. The van der Waals surface area contributed by atoms with Crippen LogP contribution in [0.15, 0.2) is 30.5 Å². The van der Waals surface area contributed by atoms with Gasteiger partial charge in [-0.25, -0.2) is 0 Å². The first-order valence-electron chi connectivity index (χ1n) is 5.53. The second kappa shape index (κ2) is 5.22. The highest BCUT2D eigenvalue weighted by Gasteiger charge is 2.09. The third kappa shape index (κ3) is 2.60. The van der Waals surface area contributed by atoms with E-state index in [2.05, 4.69) is 15.5 Å². The van der Waals surface area contributed by atoms with Gasteiger partial charge in [0.1, 0.15) is 5.75 Å². The molecule has 0 saturated carbocycles. The number of amides is 1. The van der Waals surface area contributed by atoms with Crippen LogP contribution in [0.1, 0.15) is 17.3 Å². The van der Waals surface area contributed by atoms with Gasteiger partial charge in [-0.2, -0.15) is 5.10 Å². The SMILES string of the molecule is CCOc1ccc(C(=O)Nc2[nH]ncc2N)cc1. The molecule has 0 radical (unpaired) electrons. The van der Waals surface area contributed by atoms with Crippen LogP contribution in [-0.4, -0.2) is 22.7 Å². The Morgan fingerprint density at radius 2 is 2.17 bits per heavy atom. The number of H-pyrrole nitrogens is 1. The van der Waals surface area contributed by atoms with Crippen molar-refractivity contribution in [3.05, 3.63) is 36.0 Å². The summed E-state index contributed by atoms with van der Waals surface area (Å²) in [5.74, 6) is 0.873. The molecule has 0 saturated heterocycles. The molecule has 1 heterocycles. The summed E-state index contributed by atoms with van der Waals surface area (Å²) < 4.78 is 5.30. The fourth-order valence-electron chi connectivity index (χ4n) is 1.45. The lowest BCUT2D eigenvalue weighted by molar-refractivity contribution is 0.102. The first-order valence-corrected chi connectivity index (χ1v) is 5.53. The number of nitrogens with two attached hydrogens (primary N) is 1. The Balaban J connectivity index is 2.07. The predicted molar refractivity (Wildman–Crippen MR) is 68.6 cm³/mol. The van der Waals surface area contributed by atoms with Crippen molar-refractivity contribution in [2.75, 3.05) is 17.7 Å². The van der Waals surface area contributed by atoms with Crippen molar-refractivity contribution in [2.45, 2.75) is 6.92 Å². The van der Waals surface area contributed by atoms with Gasteiger partial charge in [0, 0.05) is 5.56 Å². The van der Waals surface area contributed by atoms with Crippen LogP contribution >= 0.6 is 0 Å². The third-order valence-corrected chi connectivity index (χ3v) is 2.33. The van der Waals surface area contributed by atoms with Crippen molar-refractivity contribution >= 4 is 17.4 Å². The van der Waals surface area contributed by atoms with Gasteiger partial charge in [-0.1, -0.05) is 0 Å². The van der Waals surface area contributed by atoms with Gasteiger partial charge in [-0.3, -0.25) is 9.89 Å². The number of carbonyl (C=O) groups is 1. The van der Waals surface area contributed by atoms with E-state index < -0.39 is 0 Å². The van der Waals surface area contributed by atoms with E-state index in [0.717, 1.165) is 5.75 Å². The van der Waals surface area contributed by atoms with Crippen LogP contribution in [0.5, 0.6) is 5.75 Å². The van der Waals surface area contributed by atoms with Gasteiger partial charge >= 0.3 is 0 Å². The first-order chi connectivity index (χ1) is 8.70. The maximum Gasteiger partial charge on any atom is 0.256 e. The molecule has 0 bridgehead atoms. The fourth-order valence-corrected chi connectivity index (χ4v) is 1.45. The van der Waals surface area contributed by atoms with E-state index in [1.54, 1.807) is 24.3 Å². The van der Waals surface area contributed by atoms with Crippen LogP contribution in [0.25, 0.3) is 0 Å². The first kappa shape index (κ1) is 12.0. The van der Waals surface area contributed by atoms with Gasteiger partial charge in [-0.05, 0) is 31.2 Å². The van der Waals surface area contributed by atoms with Crippen molar-refractivity contribution < 1.29 is 9.53 Å². The molecule has 0 aliphatic heterocycles. The second-order valence-corrected chi connectivity index (χ2v) is 3.61. The molecule has 1 amide bonds. The van der Waals surface area contributed by atoms with Crippen LogP contribution in [0.2, 0.25) is 0 Å². The third-order valence-electron chi connectivity index (χ3n) is 2.33. The number of hydrogen-bond donors (Lipinski definition) is 3. The number of nitrogen functional groups attached to an aromatic ring is 1. The monoisotopic (exact) mass is 246 g/mol. The van der Waals surface area contributed by atoms with Crippen LogP contribution in [0.4, 0.5) is 11.5 Å². The Morgan fingerprint density at radius 1 is 1.44 bits per heavy atom. The van der Waals surface area contributed by atoms with Crippen molar-refractivity contribution in [3.63, 3.8) is 0 Å². The number of ether oxygens (including phenoxy) is 1. The maximum atomic E-state index is 11.9. The zero-order valence-electron chi connectivity index (χ0n) is 9.93.